The zero-order valence-corrected chi connectivity index (χ0v) is 9.99. The molecule has 0 aliphatic carbocycles. The lowest BCUT2D eigenvalue weighted by Gasteiger charge is -2.31. The van der Waals surface area contributed by atoms with Crippen LogP contribution in [-0.4, -0.2) is 30.7 Å². The van der Waals surface area contributed by atoms with Crippen LogP contribution in [0.4, 0.5) is 0 Å². The van der Waals surface area contributed by atoms with Crippen molar-refractivity contribution in [1.82, 2.24) is 10.2 Å². The molecule has 1 amide bonds. The molecule has 0 bridgehead atoms. The largest absolute Gasteiger partial charge is 0.394 e. The first-order valence-electron chi connectivity index (χ1n) is 5.40. The number of rotatable bonds is 3. The number of aldehydes is 1. The van der Waals surface area contributed by atoms with E-state index < -0.39 is 0 Å². The van der Waals surface area contributed by atoms with E-state index in [9.17, 15) is 9.59 Å². The van der Waals surface area contributed by atoms with E-state index in [0.29, 0.717) is 18.2 Å². The molecule has 0 radical (unpaired) electrons. The molecule has 0 aromatic rings. The van der Waals surface area contributed by atoms with Crippen molar-refractivity contribution in [3.8, 4) is 0 Å². The van der Waals surface area contributed by atoms with Crippen molar-refractivity contribution in [3.05, 3.63) is 23.5 Å². The van der Waals surface area contributed by atoms with E-state index in [-0.39, 0.29) is 5.91 Å². The topological polar surface area (TPSA) is 49.4 Å². The van der Waals surface area contributed by atoms with Crippen LogP contribution >= 0.6 is 0 Å². The molecular formula is C12H18N2O2. The monoisotopic (exact) mass is 222 g/mol. The summed E-state index contributed by atoms with van der Waals surface area (Å²) in [7, 11) is 1.80. The van der Waals surface area contributed by atoms with Gasteiger partial charge in [0.25, 0.3) is 0 Å². The first kappa shape index (κ1) is 12.5. The van der Waals surface area contributed by atoms with Gasteiger partial charge in [0, 0.05) is 20.5 Å². The summed E-state index contributed by atoms with van der Waals surface area (Å²) in [5, 5.41) is 2.88. The summed E-state index contributed by atoms with van der Waals surface area (Å²) < 4.78 is 0. The van der Waals surface area contributed by atoms with Gasteiger partial charge in [-0.05, 0) is 30.2 Å². The third-order valence-corrected chi connectivity index (χ3v) is 2.63. The number of hydrogen-bond donors (Lipinski definition) is 1. The molecule has 16 heavy (non-hydrogen) atoms. The normalized spacial score (nSPS) is 21.4. The number of amides is 1. The van der Waals surface area contributed by atoms with E-state index in [1.54, 1.807) is 18.1 Å². The van der Waals surface area contributed by atoms with Crippen molar-refractivity contribution in [2.45, 2.75) is 20.3 Å². The molecule has 1 N–H and O–H groups in total. The highest BCUT2D eigenvalue weighted by Gasteiger charge is 2.25. The van der Waals surface area contributed by atoms with Gasteiger partial charge in [0.05, 0.1) is 5.70 Å². The SMILES string of the molecule is CN/C=C\C1=C(C=O)N(C(C)=O)CC(C)C1. The maximum Gasteiger partial charge on any atom is 0.223 e. The molecule has 1 unspecified atom stereocenters. The number of nitrogens with one attached hydrogen (secondary N) is 1. The van der Waals surface area contributed by atoms with Crippen LogP contribution in [-0.2, 0) is 9.59 Å². The fourth-order valence-electron chi connectivity index (χ4n) is 1.90. The standard InChI is InChI=1S/C12H18N2O2/c1-9-6-11(4-5-13-3)12(8-15)14(7-9)10(2)16/h4-5,8-9,13H,6-7H2,1-3H3/b5-4-. The second-order valence-electron chi connectivity index (χ2n) is 4.09. The van der Waals surface area contributed by atoms with Crippen LogP contribution < -0.4 is 5.32 Å². The predicted octanol–water partition coefficient (Wildman–Crippen LogP) is 1.06. The summed E-state index contributed by atoms with van der Waals surface area (Å²) in [5.41, 5.74) is 1.41. The van der Waals surface area contributed by atoms with Gasteiger partial charge in [-0.15, -0.1) is 0 Å². The average molecular weight is 222 g/mol. The van der Waals surface area contributed by atoms with Crippen LogP contribution in [0.5, 0.6) is 0 Å². The van der Waals surface area contributed by atoms with Crippen molar-refractivity contribution in [2.24, 2.45) is 5.92 Å². The molecule has 0 fully saturated rings. The average Bonchev–Trinajstić information content (AvgIpc) is 2.25. The van der Waals surface area contributed by atoms with Crippen LogP contribution in [0.3, 0.4) is 0 Å². The van der Waals surface area contributed by atoms with Gasteiger partial charge in [0.1, 0.15) is 0 Å². The molecule has 1 rings (SSSR count). The van der Waals surface area contributed by atoms with Gasteiger partial charge in [-0.3, -0.25) is 9.59 Å². The summed E-state index contributed by atoms with van der Waals surface area (Å²) in [4.78, 5) is 24.0. The Morgan fingerprint density at radius 2 is 2.25 bits per heavy atom. The molecular weight excluding hydrogens is 204 g/mol. The van der Waals surface area contributed by atoms with Crippen LogP contribution in [0.15, 0.2) is 23.5 Å². The first-order valence-corrected chi connectivity index (χ1v) is 5.40. The Balaban J connectivity index is 3.08. The zero-order chi connectivity index (χ0) is 12.1. The van der Waals surface area contributed by atoms with Crippen LogP contribution in [0, 0.1) is 5.92 Å². The van der Waals surface area contributed by atoms with Crippen molar-refractivity contribution < 1.29 is 9.59 Å². The van der Waals surface area contributed by atoms with E-state index in [1.165, 1.54) is 6.92 Å². The van der Waals surface area contributed by atoms with E-state index in [1.807, 2.05) is 6.08 Å². The molecule has 0 saturated carbocycles. The first-order chi connectivity index (χ1) is 7.60. The lowest BCUT2D eigenvalue weighted by Crippen LogP contribution is -2.37. The quantitative estimate of drug-likeness (QED) is 0.726. The van der Waals surface area contributed by atoms with Gasteiger partial charge in [0.15, 0.2) is 6.29 Å². The highest BCUT2D eigenvalue weighted by Crippen LogP contribution is 2.25. The minimum absolute atomic E-state index is 0.0796. The molecule has 0 saturated heterocycles. The predicted molar refractivity (Wildman–Crippen MR) is 62.5 cm³/mol. The minimum atomic E-state index is -0.0796. The van der Waals surface area contributed by atoms with E-state index in [4.69, 9.17) is 0 Å². The Bertz CT molecular complexity index is 345. The van der Waals surface area contributed by atoms with Crippen LogP contribution in [0.2, 0.25) is 0 Å². The number of carbonyl (C=O) groups excluding carboxylic acids is 2. The lowest BCUT2D eigenvalue weighted by atomic mass is 9.94. The summed E-state index contributed by atoms with van der Waals surface area (Å²) in [5.74, 6) is 0.299. The Labute approximate surface area is 96.0 Å². The maximum absolute atomic E-state index is 11.4. The summed E-state index contributed by atoms with van der Waals surface area (Å²) >= 11 is 0. The molecule has 1 aliphatic rings. The highest BCUT2D eigenvalue weighted by molar-refractivity contribution is 5.86. The summed E-state index contributed by atoms with van der Waals surface area (Å²) in [6.07, 6.45) is 5.23. The molecule has 88 valence electrons. The van der Waals surface area contributed by atoms with Gasteiger partial charge in [-0.2, -0.15) is 0 Å². The third-order valence-electron chi connectivity index (χ3n) is 2.63. The fraction of sp³-hybridized carbons (Fsp3) is 0.500. The molecule has 1 aliphatic heterocycles. The molecule has 1 atom stereocenters. The van der Waals surface area contributed by atoms with E-state index >= 15 is 0 Å². The van der Waals surface area contributed by atoms with Crippen LogP contribution in [0.25, 0.3) is 0 Å². The Morgan fingerprint density at radius 1 is 1.56 bits per heavy atom. The summed E-state index contributed by atoms with van der Waals surface area (Å²) in [6.45, 7) is 4.19. The van der Waals surface area contributed by atoms with E-state index in [2.05, 4.69) is 12.2 Å². The third kappa shape index (κ3) is 2.72. The van der Waals surface area contributed by atoms with Crippen molar-refractivity contribution in [3.63, 3.8) is 0 Å². The number of nitrogens with zero attached hydrogens (tertiary/aromatic N) is 1. The fourth-order valence-corrected chi connectivity index (χ4v) is 1.90. The molecule has 0 spiro atoms. The highest BCUT2D eigenvalue weighted by atomic mass is 16.2. The van der Waals surface area contributed by atoms with Crippen molar-refractivity contribution in [1.29, 1.82) is 0 Å². The summed E-state index contributed by atoms with van der Waals surface area (Å²) in [6, 6.07) is 0. The smallest absolute Gasteiger partial charge is 0.223 e. The van der Waals surface area contributed by atoms with Crippen molar-refractivity contribution in [2.75, 3.05) is 13.6 Å². The Kier molecular flexibility index (Phi) is 4.28. The Morgan fingerprint density at radius 3 is 2.75 bits per heavy atom. The molecule has 1 heterocycles. The van der Waals surface area contributed by atoms with Crippen molar-refractivity contribution >= 4 is 12.2 Å². The number of carbonyl (C=O) groups is 2. The molecule has 0 aromatic heterocycles. The van der Waals surface area contributed by atoms with Gasteiger partial charge in [-0.25, -0.2) is 0 Å². The van der Waals surface area contributed by atoms with Gasteiger partial charge in [-0.1, -0.05) is 6.92 Å². The number of allylic oxidation sites excluding steroid dienone is 3. The maximum atomic E-state index is 11.4. The van der Waals surface area contributed by atoms with Gasteiger partial charge < -0.3 is 10.2 Å². The minimum Gasteiger partial charge on any atom is -0.394 e. The molecule has 0 aromatic carbocycles. The molecule has 4 heteroatoms. The second kappa shape index (κ2) is 5.49. The van der Waals surface area contributed by atoms with Crippen LogP contribution in [0.1, 0.15) is 20.3 Å². The molecule has 4 nitrogen and oxygen atoms in total. The Hall–Kier alpha value is -1.58. The number of hydrogen-bond acceptors (Lipinski definition) is 3. The van der Waals surface area contributed by atoms with Gasteiger partial charge >= 0.3 is 0 Å². The second-order valence-corrected chi connectivity index (χ2v) is 4.09. The van der Waals surface area contributed by atoms with E-state index in [0.717, 1.165) is 18.3 Å². The zero-order valence-electron chi connectivity index (χ0n) is 9.99. The lowest BCUT2D eigenvalue weighted by molar-refractivity contribution is -0.129. The van der Waals surface area contributed by atoms with Gasteiger partial charge in [0.2, 0.25) is 5.91 Å².